The Morgan fingerprint density at radius 2 is 1.94 bits per heavy atom. The van der Waals surface area contributed by atoms with Gasteiger partial charge in [0.25, 0.3) is 5.91 Å². The number of aliphatic hydroxyl groups is 1. The summed E-state index contributed by atoms with van der Waals surface area (Å²) in [6, 6.07) is 8.08. The predicted molar refractivity (Wildman–Crippen MR) is 120 cm³/mol. The number of carbonyl (C=O) groups is 1. The van der Waals surface area contributed by atoms with Crippen LogP contribution in [0.5, 0.6) is 5.75 Å². The highest BCUT2D eigenvalue weighted by Gasteiger charge is 2.21. The van der Waals surface area contributed by atoms with Gasteiger partial charge in [0, 0.05) is 48.8 Å². The number of aliphatic hydroxyl groups excluding tert-OH is 1. The fourth-order valence-electron chi connectivity index (χ4n) is 3.91. The van der Waals surface area contributed by atoms with Gasteiger partial charge in [-0.2, -0.15) is 0 Å². The van der Waals surface area contributed by atoms with E-state index in [2.05, 4.69) is 9.98 Å². The van der Waals surface area contributed by atoms with Crippen molar-refractivity contribution in [3.8, 4) is 16.9 Å². The van der Waals surface area contributed by atoms with Crippen molar-refractivity contribution in [1.82, 2.24) is 9.88 Å². The van der Waals surface area contributed by atoms with Gasteiger partial charge in [-0.15, -0.1) is 0 Å². The van der Waals surface area contributed by atoms with Crippen molar-refractivity contribution in [2.24, 2.45) is 4.99 Å². The van der Waals surface area contributed by atoms with Crippen molar-refractivity contribution in [2.45, 2.75) is 26.6 Å². The molecule has 1 amide bonds. The smallest absolute Gasteiger partial charge is 0.254 e. The number of pyridine rings is 1. The highest BCUT2D eigenvalue weighted by molar-refractivity contribution is 5.95. The lowest BCUT2D eigenvalue weighted by atomic mass is 10.0. The second kappa shape index (κ2) is 9.46. The zero-order valence-corrected chi connectivity index (χ0v) is 18.3. The van der Waals surface area contributed by atoms with Crippen molar-refractivity contribution < 1.29 is 23.4 Å². The highest BCUT2D eigenvalue weighted by Crippen LogP contribution is 2.33. The van der Waals surface area contributed by atoms with Gasteiger partial charge in [-0.05, 0) is 53.9 Å². The number of amides is 1. The molecule has 0 saturated heterocycles. The lowest BCUT2D eigenvalue weighted by Gasteiger charge is -2.20. The molecular formula is C25H23F2N3O3. The second-order valence-electron chi connectivity index (χ2n) is 7.71. The van der Waals surface area contributed by atoms with E-state index in [0.717, 1.165) is 22.8 Å². The van der Waals surface area contributed by atoms with E-state index in [9.17, 15) is 18.7 Å². The van der Waals surface area contributed by atoms with E-state index in [1.807, 2.05) is 0 Å². The molecule has 6 nitrogen and oxygen atoms in total. The number of benzene rings is 2. The molecule has 0 atom stereocenters. The molecule has 0 aliphatic carbocycles. The van der Waals surface area contributed by atoms with Gasteiger partial charge in [0.2, 0.25) is 0 Å². The lowest BCUT2D eigenvalue weighted by Crippen LogP contribution is -2.27. The maximum absolute atomic E-state index is 13.7. The first-order valence-corrected chi connectivity index (χ1v) is 10.5. The van der Waals surface area contributed by atoms with E-state index in [4.69, 9.17) is 4.74 Å². The van der Waals surface area contributed by atoms with Crippen LogP contribution in [0, 0.1) is 11.6 Å². The molecular weight excluding hydrogens is 428 g/mol. The largest absolute Gasteiger partial charge is 0.493 e. The van der Waals surface area contributed by atoms with Crippen LogP contribution in [0.15, 0.2) is 47.6 Å². The summed E-state index contributed by atoms with van der Waals surface area (Å²) in [5, 5.41) is 9.47. The number of fused-ring (bicyclic) bond motifs is 1. The van der Waals surface area contributed by atoms with Crippen LogP contribution in [0.2, 0.25) is 0 Å². The minimum absolute atomic E-state index is 0.175. The number of carbonyl (C=O) groups excluding carboxylic acids is 1. The normalized spacial score (nSPS) is 12.0. The van der Waals surface area contributed by atoms with E-state index in [1.165, 1.54) is 12.1 Å². The Balaban J connectivity index is 1.61. The summed E-state index contributed by atoms with van der Waals surface area (Å²) < 4.78 is 33.1. The number of halogens is 2. The third kappa shape index (κ3) is 4.61. The van der Waals surface area contributed by atoms with Crippen LogP contribution in [-0.4, -0.2) is 40.8 Å². The fourth-order valence-corrected chi connectivity index (χ4v) is 3.91. The summed E-state index contributed by atoms with van der Waals surface area (Å²) in [5.41, 5.74) is 4.38. The van der Waals surface area contributed by atoms with Gasteiger partial charge in [-0.25, -0.2) is 8.78 Å². The van der Waals surface area contributed by atoms with Crippen LogP contribution >= 0.6 is 0 Å². The van der Waals surface area contributed by atoms with Gasteiger partial charge in [0.05, 0.1) is 25.5 Å². The summed E-state index contributed by atoms with van der Waals surface area (Å²) >= 11 is 0. The Kier molecular flexibility index (Phi) is 6.46. The maximum Gasteiger partial charge on any atom is 0.254 e. The molecule has 3 aromatic rings. The average Bonchev–Trinajstić information content (AvgIpc) is 3.29. The summed E-state index contributed by atoms with van der Waals surface area (Å²) in [6.45, 7) is 2.74. The number of hydrogen-bond donors (Lipinski definition) is 1. The zero-order chi connectivity index (χ0) is 23.5. The molecule has 4 rings (SSSR count). The summed E-state index contributed by atoms with van der Waals surface area (Å²) in [6.07, 6.45) is 3.36. The Labute approximate surface area is 190 Å². The third-order valence-electron chi connectivity index (χ3n) is 5.48. The molecule has 0 radical (unpaired) electrons. The molecule has 1 aromatic heterocycles. The molecule has 0 fully saturated rings. The number of hydrogen-bond acceptors (Lipinski definition) is 5. The van der Waals surface area contributed by atoms with E-state index >= 15 is 0 Å². The third-order valence-corrected chi connectivity index (χ3v) is 5.48. The molecule has 2 aromatic carbocycles. The van der Waals surface area contributed by atoms with Crippen LogP contribution in [-0.2, 0) is 19.7 Å². The van der Waals surface area contributed by atoms with Crippen LogP contribution < -0.4 is 4.74 Å². The van der Waals surface area contributed by atoms with Crippen molar-refractivity contribution in [2.75, 3.05) is 13.7 Å². The molecule has 170 valence electrons. The van der Waals surface area contributed by atoms with Crippen molar-refractivity contribution in [1.29, 1.82) is 0 Å². The molecule has 2 heterocycles. The molecule has 1 aliphatic rings. The van der Waals surface area contributed by atoms with Gasteiger partial charge in [0.1, 0.15) is 17.4 Å². The number of nitrogens with zero attached hydrogens (tertiary/aromatic N) is 3. The summed E-state index contributed by atoms with van der Waals surface area (Å²) in [4.78, 5) is 23.3. The molecule has 1 N–H and O–H groups in total. The molecule has 0 saturated carbocycles. The average molecular weight is 451 g/mol. The molecule has 33 heavy (non-hydrogen) atoms. The van der Waals surface area contributed by atoms with E-state index < -0.39 is 11.6 Å². The van der Waals surface area contributed by atoms with Gasteiger partial charge in [-0.3, -0.25) is 14.8 Å². The molecule has 0 unspecified atom stereocenters. The topological polar surface area (TPSA) is 75.0 Å². The van der Waals surface area contributed by atoms with Gasteiger partial charge in [-0.1, -0.05) is 0 Å². The summed E-state index contributed by atoms with van der Waals surface area (Å²) in [5.74, 6) is -1.26. The lowest BCUT2D eigenvalue weighted by molar-refractivity contribution is 0.0784. The first kappa shape index (κ1) is 22.5. The Bertz CT molecular complexity index is 1220. The van der Waals surface area contributed by atoms with Gasteiger partial charge in [0.15, 0.2) is 0 Å². The van der Waals surface area contributed by atoms with E-state index in [0.29, 0.717) is 47.8 Å². The van der Waals surface area contributed by atoms with Crippen LogP contribution in [0.3, 0.4) is 0 Å². The quantitative estimate of drug-likeness (QED) is 0.586. The van der Waals surface area contributed by atoms with Crippen molar-refractivity contribution in [3.05, 3.63) is 82.2 Å². The molecule has 8 heteroatoms. The minimum atomic E-state index is -0.690. The zero-order valence-electron chi connectivity index (χ0n) is 18.3. The standard InChI is InChI=1S/C25H23F2N3O3/c1-3-33-24-8-15(4-5-20(24)16-6-18(26)9-19(27)7-16)25(32)30(2)13-17-10-29-23(14-31)22-12-28-11-21(17)22/h4-10,12,31H,3,11,13-14H2,1-2H3. The fraction of sp³-hybridized carbons (Fsp3) is 0.240. The first-order valence-electron chi connectivity index (χ1n) is 10.5. The molecule has 0 bridgehead atoms. The van der Waals surface area contributed by atoms with Crippen molar-refractivity contribution in [3.63, 3.8) is 0 Å². The van der Waals surface area contributed by atoms with Gasteiger partial charge >= 0.3 is 0 Å². The monoisotopic (exact) mass is 451 g/mol. The predicted octanol–water partition coefficient (Wildman–Crippen LogP) is 4.12. The number of aromatic nitrogens is 1. The number of rotatable bonds is 7. The molecule has 0 spiro atoms. The Hall–Kier alpha value is -3.65. The van der Waals surface area contributed by atoms with Crippen molar-refractivity contribution >= 4 is 12.1 Å². The summed E-state index contributed by atoms with van der Waals surface area (Å²) in [7, 11) is 1.68. The maximum atomic E-state index is 13.7. The number of ether oxygens (including phenoxy) is 1. The SMILES string of the molecule is CCOc1cc(C(=O)N(C)Cc2cnc(CO)c3c2CN=C3)ccc1-c1cc(F)cc(F)c1. The van der Waals surface area contributed by atoms with E-state index in [-0.39, 0.29) is 12.5 Å². The van der Waals surface area contributed by atoms with Crippen LogP contribution in [0.4, 0.5) is 8.78 Å². The highest BCUT2D eigenvalue weighted by atomic mass is 19.1. The van der Waals surface area contributed by atoms with Crippen LogP contribution in [0.25, 0.3) is 11.1 Å². The Morgan fingerprint density at radius 3 is 2.64 bits per heavy atom. The van der Waals surface area contributed by atoms with E-state index in [1.54, 1.807) is 49.5 Å². The van der Waals surface area contributed by atoms with Gasteiger partial charge < -0.3 is 14.7 Å². The Morgan fingerprint density at radius 1 is 1.18 bits per heavy atom. The number of aliphatic imine (C=N–C) groups is 1. The molecule has 1 aliphatic heterocycles. The van der Waals surface area contributed by atoms with Crippen LogP contribution in [0.1, 0.15) is 39.7 Å². The first-order chi connectivity index (χ1) is 15.9. The second-order valence-corrected chi connectivity index (χ2v) is 7.71. The minimum Gasteiger partial charge on any atom is -0.493 e.